The molecule has 0 atom stereocenters. The first-order chi connectivity index (χ1) is 15.4. The highest BCUT2D eigenvalue weighted by Crippen LogP contribution is 2.60. The molecule has 2 aromatic carbocycles. The van der Waals surface area contributed by atoms with Gasteiger partial charge in [0, 0.05) is 17.5 Å². The van der Waals surface area contributed by atoms with E-state index in [2.05, 4.69) is 15.3 Å². The van der Waals surface area contributed by atoms with E-state index in [1.165, 1.54) is 50.7 Å². The van der Waals surface area contributed by atoms with Gasteiger partial charge in [0.05, 0.1) is 11.1 Å². The van der Waals surface area contributed by atoms with E-state index < -0.39 is 11.7 Å². The van der Waals surface area contributed by atoms with Crippen LogP contribution in [-0.2, 0) is 6.18 Å². The number of hydrogen-bond acceptors (Lipinski definition) is 3. The molecule has 1 heterocycles. The summed E-state index contributed by atoms with van der Waals surface area (Å²) in [6.07, 6.45) is 3.48. The third kappa shape index (κ3) is 3.44. The molecule has 4 bridgehead atoms. The van der Waals surface area contributed by atoms with Gasteiger partial charge in [0.15, 0.2) is 5.82 Å². The van der Waals surface area contributed by atoms with Crippen molar-refractivity contribution in [2.24, 2.45) is 23.2 Å². The normalized spacial score (nSPS) is 28.9. The summed E-state index contributed by atoms with van der Waals surface area (Å²) in [6.45, 7) is 0.831. The van der Waals surface area contributed by atoms with Crippen molar-refractivity contribution in [1.29, 1.82) is 0 Å². The summed E-state index contributed by atoms with van der Waals surface area (Å²) in [5.41, 5.74) is 0.263. The maximum absolute atomic E-state index is 13.6. The largest absolute Gasteiger partial charge is 0.417 e. The van der Waals surface area contributed by atoms with Gasteiger partial charge >= 0.3 is 6.18 Å². The number of alkyl halides is 3. The fourth-order valence-corrected chi connectivity index (χ4v) is 7.03. The van der Waals surface area contributed by atoms with Crippen LogP contribution in [0.2, 0.25) is 0 Å². The predicted molar refractivity (Wildman–Crippen MR) is 119 cm³/mol. The lowest BCUT2D eigenvalue weighted by atomic mass is 9.49. The number of hydrogen-bond donors (Lipinski definition) is 1. The quantitative estimate of drug-likeness (QED) is 0.480. The van der Waals surface area contributed by atoms with Gasteiger partial charge in [-0.25, -0.2) is 9.97 Å². The Morgan fingerprint density at radius 1 is 0.844 bits per heavy atom. The molecule has 7 rings (SSSR count). The maximum Gasteiger partial charge on any atom is 0.417 e. The molecule has 3 aromatic rings. The second-order valence-corrected chi connectivity index (χ2v) is 10.2. The zero-order valence-electron chi connectivity index (χ0n) is 17.8. The van der Waals surface area contributed by atoms with E-state index in [-0.39, 0.29) is 11.4 Å². The molecule has 0 spiro atoms. The van der Waals surface area contributed by atoms with Gasteiger partial charge in [-0.2, -0.15) is 13.2 Å². The summed E-state index contributed by atoms with van der Waals surface area (Å²) >= 11 is 0. The molecule has 166 valence electrons. The first kappa shape index (κ1) is 20.0. The van der Waals surface area contributed by atoms with Gasteiger partial charge in [-0.05, 0) is 79.9 Å². The molecule has 0 saturated heterocycles. The summed E-state index contributed by atoms with van der Waals surface area (Å²) in [4.78, 5) is 9.14. The van der Waals surface area contributed by atoms with E-state index >= 15 is 0 Å². The molecule has 0 aliphatic heterocycles. The summed E-state index contributed by atoms with van der Waals surface area (Å²) in [6, 6.07) is 13.1. The van der Waals surface area contributed by atoms with E-state index in [1.807, 2.05) is 24.3 Å². The molecule has 1 N–H and O–H groups in total. The Morgan fingerprint density at radius 3 is 2.16 bits per heavy atom. The van der Waals surface area contributed by atoms with Crippen LogP contribution >= 0.6 is 0 Å². The molecule has 4 aliphatic rings. The first-order valence-electron chi connectivity index (χ1n) is 11.6. The van der Waals surface area contributed by atoms with Crippen molar-refractivity contribution in [3.8, 4) is 11.4 Å². The van der Waals surface area contributed by atoms with Gasteiger partial charge < -0.3 is 5.32 Å². The van der Waals surface area contributed by atoms with Crippen LogP contribution < -0.4 is 5.32 Å². The monoisotopic (exact) mass is 437 g/mol. The smallest absolute Gasteiger partial charge is 0.369 e. The number of benzene rings is 2. The van der Waals surface area contributed by atoms with Crippen molar-refractivity contribution >= 4 is 16.7 Å². The van der Waals surface area contributed by atoms with E-state index in [0.717, 1.165) is 35.8 Å². The highest BCUT2D eigenvalue weighted by atomic mass is 19.4. The minimum absolute atomic E-state index is 0.0172. The van der Waals surface area contributed by atoms with Gasteiger partial charge in [0.1, 0.15) is 5.82 Å². The minimum Gasteiger partial charge on any atom is -0.369 e. The summed E-state index contributed by atoms with van der Waals surface area (Å²) in [7, 11) is 0. The fourth-order valence-electron chi connectivity index (χ4n) is 7.03. The van der Waals surface area contributed by atoms with Crippen molar-refractivity contribution in [2.75, 3.05) is 11.9 Å². The average molecular weight is 438 g/mol. The molecule has 0 unspecified atom stereocenters. The van der Waals surface area contributed by atoms with E-state index in [9.17, 15) is 13.2 Å². The van der Waals surface area contributed by atoms with E-state index in [4.69, 9.17) is 0 Å². The molecule has 4 fully saturated rings. The number of halogens is 3. The van der Waals surface area contributed by atoms with Crippen molar-refractivity contribution in [3.05, 3.63) is 54.1 Å². The average Bonchev–Trinajstić information content (AvgIpc) is 2.76. The van der Waals surface area contributed by atoms with Crippen molar-refractivity contribution in [3.63, 3.8) is 0 Å². The molecule has 6 heteroatoms. The van der Waals surface area contributed by atoms with Crippen LogP contribution in [0.1, 0.15) is 44.1 Å². The van der Waals surface area contributed by atoms with Gasteiger partial charge in [-0.1, -0.05) is 30.3 Å². The SMILES string of the molecule is FC(F)(F)c1ccccc1-c1nc(NCC23CC4CC(CC(C4)C2)C3)c2ccccc2n1. The van der Waals surface area contributed by atoms with E-state index in [0.29, 0.717) is 16.7 Å². The lowest BCUT2D eigenvalue weighted by Crippen LogP contribution is -2.49. The molecule has 0 radical (unpaired) electrons. The Balaban J connectivity index is 1.38. The fraction of sp³-hybridized carbons (Fsp3) is 0.462. The molecule has 4 saturated carbocycles. The van der Waals surface area contributed by atoms with Crippen LogP contribution in [0.3, 0.4) is 0 Å². The second-order valence-electron chi connectivity index (χ2n) is 10.2. The van der Waals surface area contributed by atoms with Gasteiger partial charge in [-0.3, -0.25) is 0 Å². The Morgan fingerprint density at radius 2 is 1.47 bits per heavy atom. The van der Waals surface area contributed by atoms with Crippen LogP contribution in [0.5, 0.6) is 0 Å². The molecule has 4 aliphatic carbocycles. The van der Waals surface area contributed by atoms with Gasteiger partial charge in [0.2, 0.25) is 0 Å². The Kier molecular flexibility index (Phi) is 4.50. The van der Waals surface area contributed by atoms with Crippen molar-refractivity contribution < 1.29 is 13.2 Å². The van der Waals surface area contributed by atoms with Crippen LogP contribution in [0.15, 0.2) is 48.5 Å². The van der Waals surface area contributed by atoms with Crippen LogP contribution in [0, 0.1) is 23.2 Å². The third-order valence-electron chi connectivity index (χ3n) is 7.87. The highest BCUT2D eigenvalue weighted by Gasteiger charge is 2.50. The molecule has 0 amide bonds. The Labute approximate surface area is 185 Å². The lowest BCUT2D eigenvalue weighted by Gasteiger charge is -2.57. The summed E-state index contributed by atoms with van der Waals surface area (Å²) in [5, 5.41) is 4.43. The second kappa shape index (κ2) is 7.19. The molecular formula is C26H26F3N3. The predicted octanol–water partition coefficient (Wildman–Crippen LogP) is 6.94. The van der Waals surface area contributed by atoms with Crippen molar-refractivity contribution in [2.45, 2.75) is 44.7 Å². The molecule has 3 nitrogen and oxygen atoms in total. The Hall–Kier alpha value is -2.63. The van der Waals surface area contributed by atoms with Gasteiger partial charge in [0.25, 0.3) is 0 Å². The minimum atomic E-state index is -4.46. The van der Waals surface area contributed by atoms with Crippen LogP contribution in [0.25, 0.3) is 22.3 Å². The number of anilines is 1. The number of para-hydroxylation sites is 1. The Bertz CT molecular complexity index is 1140. The number of nitrogens with one attached hydrogen (secondary N) is 1. The number of rotatable bonds is 4. The lowest BCUT2D eigenvalue weighted by molar-refractivity contribution is -0.137. The zero-order valence-corrected chi connectivity index (χ0v) is 17.8. The molecule has 1 aromatic heterocycles. The molecule has 32 heavy (non-hydrogen) atoms. The number of aromatic nitrogens is 2. The zero-order chi connectivity index (χ0) is 21.9. The summed E-state index contributed by atoms with van der Waals surface area (Å²) < 4.78 is 40.9. The first-order valence-corrected chi connectivity index (χ1v) is 11.6. The number of fused-ring (bicyclic) bond motifs is 1. The van der Waals surface area contributed by atoms with Crippen molar-refractivity contribution in [1.82, 2.24) is 9.97 Å². The highest BCUT2D eigenvalue weighted by molar-refractivity contribution is 5.90. The number of nitrogens with zero attached hydrogens (tertiary/aromatic N) is 2. The van der Waals surface area contributed by atoms with Crippen LogP contribution in [-0.4, -0.2) is 16.5 Å². The van der Waals surface area contributed by atoms with Crippen LogP contribution in [0.4, 0.5) is 19.0 Å². The summed E-state index contributed by atoms with van der Waals surface area (Å²) in [5.74, 6) is 3.29. The van der Waals surface area contributed by atoms with E-state index in [1.54, 1.807) is 6.07 Å². The topological polar surface area (TPSA) is 37.8 Å². The molecular weight excluding hydrogens is 411 g/mol. The maximum atomic E-state index is 13.6. The third-order valence-corrected chi connectivity index (χ3v) is 7.87. The standard InChI is InChI=1S/C26H26F3N3/c27-26(28,29)21-7-3-1-5-19(21)24-31-22-8-4-2-6-20(22)23(32-24)30-15-25-12-16-9-17(13-25)11-18(10-16)14-25/h1-8,16-18H,9-15H2,(H,30,31,32). The van der Waals surface area contributed by atoms with Gasteiger partial charge in [-0.15, -0.1) is 0 Å².